The third kappa shape index (κ3) is 3.73. The van der Waals surface area contributed by atoms with E-state index in [9.17, 15) is 0 Å². The normalized spacial score (nSPS) is 11.2. The first kappa shape index (κ1) is 15.2. The minimum Gasteiger partial charge on any atom is -0.382 e. The standard InChI is InChI=1S/C16H16ClN6/c1-22-7-5-12(6-8-22)11-23-16(18)15(10-19-23)21-20-14-4-2-3-13(17)9-14/h2-10H,11,18H2,1H3/q+1. The number of halogens is 1. The summed E-state index contributed by atoms with van der Waals surface area (Å²) in [7, 11) is 1.97. The van der Waals surface area contributed by atoms with Gasteiger partial charge in [0.05, 0.1) is 18.4 Å². The molecule has 0 unspecified atom stereocenters. The van der Waals surface area contributed by atoms with Crippen molar-refractivity contribution in [2.24, 2.45) is 17.3 Å². The molecule has 0 radical (unpaired) electrons. The second-order valence-electron chi connectivity index (χ2n) is 5.12. The van der Waals surface area contributed by atoms with E-state index in [1.165, 1.54) is 0 Å². The van der Waals surface area contributed by atoms with E-state index in [1.54, 1.807) is 23.0 Å². The van der Waals surface area contributed by atoms with Crippen molar-refractivity contribution in [1.82, 2.24) is 9.78 Å². The maximum Gasteiger partial charge on any atom is 0.168 e. The lowest BCUT2D eigenvalue weighted by atomic mass is 10.3. The lowest BCUT2D eigenvalue weighted by Crippen LogP contribution is -2.26. The number of anilines is 1. The highest BCUT2D eigenvalue weighted by atomic mass is 35.5. The molecule has 2 aromatic heterocycles. The number of nitrogens with zero attached hydrogens (tertiary/aromatic N) is 5. The second-order valence-corrected chi connectivity index (χ2v) is 5.56. The summed E-state index contributed by atoms with van der Waals surface area (Å²) in [5.74, 6) is 0.476. The summed E-state index contributed by atoms with van der Waals surface area (Å²) in [5, 5.41) is 13.2. The smallest absolute Gasteiger partial charge is 0.168 e. The molecule has 3 aromatic rings. The van der Waals surface area contributed by atoms with Gasteiger partial charge in [0.2, 0.25) is 0 Å². The van der Waals surface area contributed by atoms with Gasteiger partial charge < -0.3 is 5.73 Å². The molecule has 0 spiro atoms. The lowest BCUT2D eigenvalue weighted by molar-refractivity contribution is -0.671. The Morgan fingerprint density at radius 1 is 1.22 bits per heavy atom. The molecule has 2 heterocycles. The minimum absolute atomic E-state index is 0.476. The molecule has 0 fully saturated rings. The first-order chi connectivity index (χ1) is 11.1. The number of benzene rings is 1. The van der Waals surface area contributed by atoms with Gasteiger partial charge in [-0.25, -0.2) is 9.25 Å². The van der Waals surface area contributed by atoms with Gasteiger partial charge in [-0.15, -0.1) is 5.11 Å². The Bertz CT molecular complexity index is 838. The molecular weight excluding hydrogens is 312 g/mol. The van der Waals surface area contributed by atoms with E-state index in [0.29, 0.717) is 28.8 Å². The van der Waals surface area contributed by atoms with Crippen LogP contribution in [-0.2, 0) is 13.6 Å². The van der Waals surface area contributed by atoms with Gasteiger partial charge in [-0.3, -0.25) is 0 Å². The summed E-state index contributed by atoms with van der Waals surface area (Å²) in [5.41, 5.74) is 8.40. The Hall–Kier alpha value is -2.73. The molecule has 2 N–H and O–H groups in total. The Balaban J connectivity index is 1.77. The third-order valence-electron chi connectivity index (χ3n) is 3.32. The summed E-state index contributed by atoms with van der Waals surface area (Å²) in [4.78, 5) is 0. The molecule has 6 nitrogen and oxygen atoms in total. The average Bonchev–Trinajstić information content (AvgIpc) is 2.88. The van der Waals surface area contributed by atoms with E-state index in [0.717, 1.165) is 5.56 Å². The topological polar surface area (TPSA) is 72.4 Å². The van der Waals surface area contributed by atoms with Crippen LogP contribution in [0, 0.1) is 0 Å². The number of rotatable bonds is 4. The Labute approximate surface area is 138 Å². The largest absolute Gasteiger partial charge is 0.382 e. The number of aryl methyl sites for hydroxylation is 1. The van der Waals surface area contributed by atoms with Crippen molar-refractivity contribution in [3.63, 3.8) is 0 Å². The number of aromatic nitrogens is 3. The summed E-state index contributed by atoms with van der Waals surface area (Å²) in [6.45, 7) is 0.583. The van der Waals surface area contributed by atoms with Crippen molar-refractivity contribution in [3.05, 3.63) is 65.6 Å². The van der Waals surface area contributed by atoms with E-state index in [4.69, 9.17) is 17.3 Å². The number of nitrogen functional groups attached to an aromatic ring is 1. The van der Waals surface area contributed by atoms with E-state index in [1.807, 2.05) is 48.3 Å². The zero-order chi connectivity index (χ0) is 16.2. The van der Waals surface area contributed by atoms with Crippen LogP contribution in [-0.4, -0.2) is 9.78 Å². The van der Waals surface area contributed by atoms with Gasteiger partial charge in [-0.2, -0.15) is 10.2 Å². The molecule has 0 atom stereocenters. The zero-order valence-electron chi connectivity index (χ0n) is 12.6. The maximum atomic E-state index is 6.09. The van der Waals surface area contributed by atoms with E-state index in [2.05, 4.69) is 15.3 Å². The van der Waals surface area contributed by atoms with Crippen LogP contribution in [0.4, 0.5) is 17.2 Å². The fourth-order valence-electron chi connectivity index (χ4n) is 2.05. The molecular formula is C16H16ClN6+. The molecule has 1 aromatic carbocycles. The molecule has 23 heavy (non-hydrogen) atoms. The molecule has 0 bridgehead atoms. The van der Waals surface area contributed by atoms with Crippen molar-refractivity contribution >= 4 is 28.8 Å². The van der Waals surface area contributed by atoms with Crippen LogP contribution < -0.4 is 10.3 Å². The van der Waals surface area contributed by atoms with E-state index < -0.39 is 0 Å². The second kappa shape index (κ2) is 6.58. The van der Waals surface area contributed by atoms with Gasteiger partial charge in [0.15, 0.2) is 12.4 Å². The van der Waals surface area contributed by atoms with Crippen LogP contribution in [0.5, 0.6) is 0 Å². The number of nitrogens with two attached hydrogens (primary N) is 1. The van der Waals surface area contributed by atoms with Gasteiger partial charge in [0.1, 0.15) is 18.6 Å². The van der Waals surface area contributed by atoms with Crippen molar-refractivity contribution in [3.8, 4) is 0 Å². The minimum atomic E-state index is 0.476. The summed E-state index contributed by atoms with van der Waals surface area (Å²) < 4.78 is 3.67. The summed E-state index contributed by atoms with van der Waals surface area (Å²) in [6, 6.07) is 11.2. The van der Waals surface area contributed by atoms with Crippen LogP contribution in [0.2, 0.25) is 5.02 Å². The van der Waals surface area contributed by atoms with Crippen molar-refractivity contribution in [1.29, 1.82) is 0 Å². The molecule has 7 heteroatoms. The molecule has 0 aliphatic heterocycles. The van der Waals surface area contributed by atoms with Crippen LogP contribution in [0.3, 0.4) is 0 Å². The van der Waals surface area contributed by atoms with E-state index in [-0.39, 0.29) is 0 Å². The van der Waals surface area contributed by atoms with Gasteiger partial charge in [0.25, 0.3) is 0 Å². The first-order valence-corrected chi connectivity index (χ1v) is 7.42. The fraction of sp³-hybridized carbons (Fsp3) is 0.125. The number of pyridine rings is 1. The monoisotopic (exact) mass is 327 g/mol. The number of azo groups is 1. The van der Waals surface area contributed by atoms with E-state index >= 15 is 0 Å². The lowest BCUT2D eigenvalue weighted by Gasteiger charge is -2.03. The average molecular weight is 328 g/mol. The SMILES string of the molecule is C[n+]1ccc(Cn2ncc(N=Nc3cccc(Cl)c3)c2N)cc1. The van der Waals surface area contributed by atoms with Crippen LogP contribution in [0.25, 0.3) is 0 Å². The van der Waals surface area contributed by atoms with Crippen LogP contribution in [0.15, 0.2) is 65.2 Å². The highest BCUT2D eigenvalue weighted by molar-refractivity contribution is 6.30. The third-order valence-corrected chi connectivity index (χ3v) is 3.56. The molecule has 0 saturated carbocycles. The molecule has 0 aliphatic carbocycles. The van der Waals surface area contributed by atoms with Crippen molar-refractivity contribution in [2.45, 2.75) is 6.54 Å². The number of hydrogen-bond acceptors (Lipinski definition) is 4. The van der Waals surface area contributed by atoms with Gasteiger partial charge in [-0.1, -0.05) is 17.7 Å². The summed E-state index contributed by atoms with van der Waals surface area (Å²) in [6.07, 6.45) is 5.57. The van der Waals surface area contributed by atoms with Crippen LogP contribution >= 0.6 is 11.6 Å². The quantitative estimate of drug-likeness (QED) is 0.589. The predicted molar refractivity (Wildman–Crippen MR) is 89.0 cm³/mol. The predicted octanol–water partition coefficient (Wildman–Crippen LogP) is 3.41. The zero-order valence-corrected chi connectivity index (χ0v) is 13.4. The van der Waals surface area contributed by atoms with Gasteiger partial charge >= 0.3 is 0 Å². The Morgan fingerprint density at radius 3 is 2.74 bits per heavy atom. The Kier molecular flexibility index (Phi) is 4.34. The fourth-order valence-corrected chi connectivity index (χ4v) is 2.23. The molecule has 3 rings (SSSR count). The van der Waals surface area contributed by atoms with Crippen molar-refractivity contribution in [2.75, 3.05) is 5.73 Å². The van der Waals surface area contributed by atoms with Crippen LogP contribution in [0.1, 0.15) is 5.56 Å². The molecule has 116 valence electrons. The highest BCUT2D eigenvalue weighted by Crippen LogP contribution is 2.25. The van der Waals surface area contributed by atoms with Gasteiger partial charge in [-0.05, 0) is 23.8 Å². The van der Waals surface area contributed by atoms with Crippen molar-refractivity contribution < 1.29 is 4.57 Å². The number of hydrogen-bond donors (Lipinski definition) is 1. The summed E-state index contributed by atoms with van der Waals surface area (Å²) >= 11 is 5.92. The van der Waals surface area contributed by atoms with Gasteiger partial charge in [0, 0.05) is 17.2 Å². The molecule has 0 saturated heterocycles. The highest BCUT2D eigenvalue weighted by Gasteiger charge is 2.08. The molecule has 0 aliphatic rings. The Morgan fingerprint density at radius 2 is 2.00 bits per heavy atom. The molecule has 0 amide bonds. The first-order valence-electron chi connectivity index (χ1n) is 7.04. The maximum absolute atomic E-state index is 6.09.